The van der Waals surface area contributed by atoms with Crippen LogP contribution in [0.3, 0.4) is 0 Å². The summed E-state index contributed by atoms with van der Waals surface area (Å²) in [6.45, 7) is 0. The standard InChI is InChI=1S/C21H19N5O/c1-27-16-9-5-8-15(12-16)25-20-19(22)21(24-13-23-20)26-18-11-4-7-14-6-2-3-10-17(14)18/h2-13H,22H2,1H3,(H2,23,24,25,26). The second-order valence-corrected chi connectivity index (χ2v) is 5.99. The molecule has 1 aromatic heterocycles. The van der Waals surface area contributed by atoms with Gasteiger partial charge >= 0.3 is 0 Å². The van der Waals surface area contributed by atoms with E-state index in [1.807, 2.05) is 48.5 Å². The van der Waals surface area contributed by atoms with Crippen LogP contribution >= 0.6 is 0 Å². The van der Waals surface area contributed by atoms with Crippen molar-refractivity contribution in [1.29, 1.82) is 0 Å². The SMILES string of the molecule is COc1cccc(Nc2ncnc(Nc3cccc4ccccc34)c2N)c1. The van der Waals surface area contributed by atoms with E-state index in [4.69, 9.17) is 10.5 Å². The molecule has 4 aromatic rings. The Bertz CT molecular complexity index is 1090. The van der Waals surface area contributed by atoms with Crippen molar-refractivity contribution in [2.45, 2.75) is 0 Å². The minimum absolute atomic E-state index is 0.438. The van der Waals surface area contributed by atoms with Crippen LogP contribution < -0.4 is 21.1 Å². The molecule has 6 nitrogen and oxygen atoms in total. The summed E-state index contributed by atoms with van der Waals surface area (Å²) in [6.07, 6.45) is 1.48. The molecule has 0 aliphatic heterocycles. The van der Waals surface area contributed by atoms with Gasteiger partial charge in [-0.2, -0.15) is 0 Å². The first-order valence-corrected chi connectivity index (χ1v) is 8.51. The summed E-state index contributed by atoms with van der Waals surface area (Å²) in [5, 5.41) is 8.78. The van der Waals surface area contributed by atoms with Gasteiger partial charge in [-0.25, -0.2) is 9.97 Å². The first-order chi connectivity index (χ1) is 13.2. The van der Waals surface area contributed by atoms with E-state index in [1.54, 1.807) is 7.11 Å². The lowest BCUT2D eigenvalue weighted by Gasteiger charge is -2.14. The number of nitrogens with one attached hydrogen (secondary N) is 2. The second kappa shape index (κ2) is 7.21. The fourth-order valence-electron chi connectivity index (χ4n) is 2.89. The number of anilines is 5. The first-order valence-electron chi connectivity index (χ1n) is 8.51. The van der Waals surface area contributed by atoms with Crippen molar-refractivity contribution in [3.63, 3.8) is 0 Å². The zero-order chi connectivity index (χ0) is 18.6. The molecule has 0 fully saturated rings. The lowest BCUT2D eigenvalue weighted by Crippen LogP contribution is -2.05. The third-order valence-corrected chi connectivity index (χ3v) is 4.26. The van der Waals surface area contributed by atoms with Crippen LogP contribution in [-0.4, -0.2) is 17.1 Å². The minimum Gasteiger partial charge on any atom is -0.497 e. The molecule has 0 saturated heterocycles. The third kappa shape index (κ3) is 3.46. The van der Waals surface area contributed by atoms with E-state index < -0.39 is 0 Å². The van der Waals surface area contributed by atoms with Gasteiger partial charge in [0.2, 0.25) is 0 Å². The molecule has 3 aromatic carbocycles. The number of nitrogen functional groups attached to an aromatic ring is 1. The van der Waals surface area contributed by atoms with E-state index in [-0.39, 0.29) is 0 Å². The van der Waals surface area contributed by atoms with Gasteiger partial charge in [-0.05, 0) is 23.6 Å². The summed E-state index contributed by atoms with van der Waals surface area (Å²) in [7, 11) is 1.63. The topological polar surface area (TPSA) is 85.1 Å². The van der Waals surface area contributed by atoms with Crippen LogP contribution in [0.1, 0.15) is 0 Å². The lowest BCUT2D eigenvalue weighted by molar-refractivity contribution is 0.415. The van der Waals surface area contributed by atoms with Crippen molar-refractivity contribution in [1.82, 2.24) is 9.97 Å². The van der Waals surface area contributed by atoms with Gasteiger partial charge in [0.15, 0.2) is 11.6 Å². The molecule has 4 N–H and O–H groups in total. The van der Waals surface area contributed by atoms with Crippen molar-refractivity contribution >= 4 is 39.5 Å². The molecule has 0 unspecified atom stereocenters. The molecule has 0 bridgehead atoms. The highest BCUT2D eigenvalue weighted by Gasteiger charge is 2.10. The highest BCUT2D eigenvalue weighted by atomic mass is 16.5. The van der Waals surface area contributed by atoms with E-state index >= 15 is 0 Å². The second-order valence-electron chi connectivity index (χ2n) is 5.99. The van der Waals surface area contributed by atoms with Gasteiger partial charge in [-0.3, -0.25) is 0 Å². The molecule has 6 heteroatoms. The molecule has 0 aliphatic carbocycles. The van der Waals surface area contributed by atoms with Crippen molar-refractivity contribution in [3.8, 4) is 5.75 Å². The van der Waals surface area contributed by atoms with Gasteiger partial charge in [0.05, 0.1) is 7.11 Å². The Labute approximate surface area is 157 Å². The van der Waals surface area contributed by atoms with E-state index in [1.165, 1.54) is 6.33 Å². The average Bonchev–Trinajstić information content (AvgIpc) is 2.71. The molecule has 0 radical (unpaired) electrons. The number of aromatic nitrogens is 2. The van der Waals surface area contributed by atoms with Gasteiger partial charge in [0, 0.05) is 22.8 Å². The molecule has 4 rings (SSSR count). The fourth-order valence-corrected chi connectivity index (χ4v) is 2.89. The predicted octanol–water partition coefficient (Wildman–Crippen LogP) is 4.71. The molecule has 27 heavy (non-hydrogen) atoms. The van der Waals surface area contributed by atoms with Crippen LogP contribution in [0.2, 0.25) is 0 Å². The number of benzene rings is 3. The zero-order valence-electron chi connectivity index (χ0n) is 14.8. The van der Waals surface area contributed by atoms with Gasteiger partial charge in [0.25, 0.3) is 0 Å². The number of hydrogen-bond donors (Lipinski definition) is 3. The smallest absolute Gasteiger partial charge is 0.159 e. The van der Waals surface area contributed by atoms with Gasteiger partial charge in [-0.15, -0.1) is 0 Å². The monoisotopic (exact) mass is 357 g/mol. The van der Waals surface area contributed by atoms with E-state index in [2.05, 4.69) is 38.8 Å². The number of rotatable bonds is 5. The number of fused-ring (bicyclic) bond motifs is 1. The average molecular weight is 357 g/mol. The molecule has 0 atom stereocenters. The largest absolute Gasteiger partial charge is 0.497 e. The summed E-state index contributed by atoms with van der Waals surface area (Å²) in [5.74, 6) is 1.83. The van der Waals surface area contributed by atoms with E-state index in [9.17, 15) is 0 Å². The molecule has 0 spiro atoms. The van der Waals surface area contributed by atoms with Crippen LogP contribution in [0.15, 0.2) is 73.1 Å². The molecule has 1 heterocycles. The summed E-state index contributed by atoms with van der Waals surface area (Å²) in [4.78, 5) is 8.57. The maximum atomic E-state index is 6.31. The first kappa shape index (κ1) is 16.7. The van der Waals surface area contributed by atoms with Crippen LogP contribution in [0.4, 0.5) is 28.7 Å². The summed E-state index contributed by atoms with van der Waals surface area (Å²) in [6, 6.07) is 21.8. The van der Waals surface area contributed by atoms with Crippen molar-refractivity contribution in [2.75, 3.05) is 23.5 Å². The number of nitrogens with two attached hydrogens (primary N) is 1. The highest BCUT2D eigenvalue weighted by molar-refractivity contribution is 5.96. The van der Waals surface area contributed by atoms with Crippen molar-refractivity contribution in [2.24, 2.45) is 0 Å². The zero-order valence-corrected chi connectivity index (χ0v) is 14.8. The highest BCUT2D eigenvalue weighted by Crippen LogP contribution is 2.31. The van der Waals surface area contributed by atoms with Crippen LogP contribution in [-0.2, 0) is 0 Å². The Morgan fingerprint density at radius 3 is 2.44 bits per heavy atom. The van der Waals surface area contributed by atoms with Crippen LogP contribution in [0.25, 0.3) is 10.8 Å². The van der Waals surface area contributed by atoms with E-state index in [0.29, 0.717) is 17.3 Å². The van der Waals surface area contributed by atoms with Crippen LogP contribution in [0, 0.1) is 0 Å². The molecule has 0 aliphatic rings. The quantitative estimate of drug-likeness (QED) is 0.480. The Kier molecular flexibility index (Phi) is 4.45. The summed E-state index contributed by atoms with van der Waals surface area (Å²) < 4.78 is 5.25. The Morgan fingerprint density at radius 2 is 1.59 bits per heavy atom. The van der Waals surface area contributed by atoms with E-state index in [0.717, 1.165) is 27.9 Å². The Morgan fingerprint density at radius 1 is 0.852 bits per heavy atom. The number of hydrogen-bond acceptors (Lipinski definition) is 6. The summed E-state index contributed by atoms with van der Waals surface area (Å²) in [5.41, 5.74) is 8.52. The Hall–Kier alpha value is -3.80. The lowest BCUT2D eigenvalue weighted by atomic mass is 10.1. The number of nitrogens with zero attached hydrogens (tertiary/aromatic N) is 2. The molecule has 0 amide bonds. The third-order valence-electron chi connectivity index (χ3n) is 4.26. The van der Waals surface area contributed by atoms with Crippen molar-refractivity contribution < 1.29 is 4.74 Å². The van der Waals surface area contributed by atoms with Gasteiger partial charge < -0.3 is 21.1 Å². The number of methoxy groups -OCH3 is 1. The summed E-state index contributed by atoms with van der Waals surface area (Å²) >= 11 is 0. The molecular weight excluding hydrogens is 338 g/mol. The van der Waals surface area contributed by atoms with Crippen LogP contribution in [0.5, 0.6) is 5.75 Å². The predicted molar refractivity (Wildman–Crippen MR) is 110 cm³/mol. The maximum absolute atomic E-state index is 6.31. The van der Waals surface area contributed by atoms with Gasteiger partial charge in [-0.1, -0.05) is 42.5 Å². The Balaban J connectivity index is 1.65. The number of ether oxygens (including phenoxy) is 1. The molecule has 0 saturated carbocycles. The fraction of sp³-hybridized carbons (Fsp3) is 0.0476. The van der Waals surface area contributed by atoms with Crippen molar-refractivity contribution in [3.05, 3.63) is 73.1 Å². The minimum atomic E-state index is 0.438. The normalized spacial score (nSPS) is 10.6. The molecular formula is C21H19N5O. The maximum Gasteiger partial charge on any atom is 0.159 e. The molecule has 134 valence electrons. The van der Waals surface area contributed by atoms with Gasteiger partial charge in [0.1, 0.15) is 17.8 Å².